The topological polar surface area (TPSA) is 81.3 Å². The molecule has 6 heteroatoms. The van der Waals surface area contributed by atoms with Gasteiger partial charge in [-0.15, -0.1) is 0 Å². The predicted molar refractivity (Wildman–Crippen MR) is 59.4 cm³/mol. The summed E-state index contributed by atoms with van der Waals surface area (Å²) in [7, 11) is 1.62. The van der Waals surface area contributed by atoms with Crippen molar-refractivity contribution in [1.29, 1.82) is 0 Å². The van der Waals surface area contributed by atoms with E-state index >= 15 is 0 Å². The summed E-state index contributed by atoms with van der Waals surface area (Å²) in [6, 6.07) is 3.15. The third-order valence-corrected chi connectivity index (χ3v) is 2.33. The summed E-state index contributed by atoms with van der Waals surface area (Å²) in [6.07, 6.45) is 2.11. The zero-order valence-electron chi connectivity index (χ0n) is 9.62. The quantitative estimate of drug-likeness (QED) is 0.863. The molecular formula is C11H13N3O3. The van der Waals surface area contributed by atoms with E-state index in [1.54, 1.807) is 19.4 Å². The minimum atomic E-state index is 0.0118. The molecule has 0 radical (unpaired) electrons. The van der Waals surface area contributed by atoms with Crippen LogP contribution in [0.25, 0.3) is 11.6 Å². The van der Waals surface area contributed by atoms with Crippen LogP contribution in [-0.2, 0) is 11.2 Å². The number of hydrogen-bond donors (Lipinski definition) is 1. The van der Waals surface area contributed by atoms with Crippen LogP contribution < -0.4 is 0 Å². The third-order valence-electron chi connectivity index (χ3n) is 2.33. The molecule has 90 valence electrons. The van der Waals surface area contributed by atoms with Crippen LogP contribution >= 0.6 is 0 Å². The molecule has 0 fully saturated rings. The minimum Gasteiger partial charge on any atom is -0.505 e. The first-order valence-corrected chi connectivity index (χ1v) is 5.20. The summed E-state index contributed by atoms with van der Waals surface area (Å²) < 4.78 is 10.1. The standard InChI is InChI=1S/C11H13N3O3/c1-7(16-2)6-9-13-11(17-14-9)10-8(15)4-3-5-12-10/h3-5,7,15H,6H2,1-2H3. The van der Waals surface area contributed by atoms with Gasteiger partial charge in [0.15, 0.2) is 11.5 Å². The number of rotatable bonds is 4. The molecule has 1 atom stereocenters. The number of aromatic nitrogens is 3. The van der Waals surface area contributed by atoms with Crippen molar-refractivity contribution in [2.24, 2.45) is 0 Å². The van der Waals surface area contributed by atoms with Gasteiger partial charge in [0.05, 0.1) is 6.10 Å². The fourth-order valence-corrected chi connectivity index (χ4v) is 1.34. The highest BCUT2D eigenvalue weighted by Crippen LogP contribution is 2.24. The van der Waals surface area contributed by atoms with E-state index in [1.165, 1.54) is 6.07 Å². The smallest absolute Gasteiger partial charge is 0.280 e. The van der Waals surface area contributed by atoms with Crippen LogP contribution in [0, 0.1) is 0 Å². The summed E-state index contributed by atoms with van der Waals surface area (Å²) in [5, 5.41) is 13.4. The Balaban J connectivity index is 2.21. The fraction of sp³-hybridized carbons (Fsp3) is 0.364. The van der Waals surface area contributed by atoms with E-state index in [0.717, 1.165) is 0 Å². The predicted octanol–water partition coefficient (Wildman–Crippen LogP) is 1.41. The van der Waals surface area contributed by atoms with E-state index in [9.17, 15) is 5.11 Å². The Kier molecular flexibility index (Phi) is 3.34. The molecule has 0 aliphatic rings. The molecule has 17 heavy (non-hydrogen) atoms. The molecule has 0 aliphatic carbocycles. The fourth-order valence-electron chi connectivity index (χ4n) is 1.34. The molecule has 0 aromatic carbocycles. The second-order valence-corrected chi connectivity index (χ2v) is 3.64. The second kappa shape index (κ2) is 4.92. The van der Waals surface area contributed by atoms with Gasteiger partial charge in [-0.25, -0.2) is 4.98 Å². The first-order chi connectivity index (χ1) is 8.20. The Labute approximate surface area is 98.3 Å². The molecule has 0 bridgehead atoms. The molecule has 6 nitrogen and oxygen atoms in total. The van der Waals surface area contributed by atoms with Crippen molar-refractivity contribution in [3.8, 4) is 17.3 Å². The average Bonchev–Trinajstić information content (AvgIpc) is 2.78. The summed E-state index contributed by atoms with van der Waals surface area (Å²) in [4.78, 5) is 8.13. The zero-order valence-corrected chi connectivity index (χ0v) is 9.62. The molecule has 2 aromatic heterocycles. The number of methoxy groups -OCH3 is 1. The molecule has 2 aromatic rings. The van der Waals surface area contributed by atoms with Crippen molar-refractivity contribution >= 4 is 0 Å². The lowest BCUT2D eigenvalue weighted by Gasteiger charge is -2.03. The lowest BCUT2D eigenvalue weighted by atomic mass is 10.3. The first kappa shape index (κ1) is 11.5. The minimum absolute atomic E-state index is 0.0118. The van der Waals surface area contributed by atoms with Crippen molar-refractivity contribution in [2.75, 3.05) is 7.11 Å². The number of ether oxygens (including phenoxy) is 1. The molecule has 1 unspecified atom stereocenters. The molecule has 0 aliphatic heterocycles. The Morgan fingerprint density at radius 2 is 2.35 bits per heavy atom. The SMILES string of the molecule is COC(C)Cc1noc(-c2ncccc2O)n1. The number of hydrogen-bond acceptors (Lipinski definition) is 6. The Hall–Kier alpha value is -1.95. The molecule has 0 spiro atoms. The average molecular weight is 235 g/mol. The summed E-state index contributed by atoms with van der Waals surface area (Å²) in [5.74, 6) is 0.753. The van der Waals surface area contributed by atoms with Crippen LogP contribution in [0.5, 0.6) is 5.75 Å². The Bertz CT molecular complexity index is 498. The monoisotopic (exact) mass is 235 g/mol. The van der Waals surface area contributed by atoms with Crippen molar-refractivity contribution in [1.82, 2.24) is 15.1 Å². The van der Waals surface area contributed by atoms with Gasteiger partial charge < -0.3 is 14.4 Å². The zero-order chi connectivity index (χ0) is 12.3. The van der Waals surface area contributed by atoms with Crippen LogP contribution in [0.2, 0.25) is 0 Å². The highest BCUT2D eigenvalue weighted by atomic mass is 16.5. The van der Waals surface area contributed by atoms with Crippen LogP contribution in [0.4, 0.5) is 0 Å². The normalized spacial score (nSPS) is 12.6. The van der Waals surface area contributed by atoms with Gasteiger partial charge in [-0.05, 0) is 19.1 Å². The molecular weight excluding hydrogens is 222 g/mol. The van der Waals surface area contributed by atoms with Crippen LogP contribution in [0.1, 0.15) is 12.7 Å². The lowest BCUT2D eigenvalue weighted by Crippen LogP contribution is -2.09. The highest BCUT2D eigenvalue weighted by Gasteiger charge is 2.15. The molecule has 0 saturated carbocycles. The molecule has 2 rings (SSSR count). The molecule has 2 heterocycles. The molecule has 0 amide bonds. The highest BCUT2D eigenvalue weighted by molar-refractivity contribution is 5.55. The lowest BCUT2D eigenvalue weighted by molar-refractivity contribution is 0.116. The number of pyridine rings is 1. The van der Waals surface area contributed by atoms with Crippen molar-refractivity contribution in [3.63, 3.8) is 0 Å². The van der Waals surface area contributed by atoms with E-state index in [4.69, 9.17) is 9.26 Å². The maximum absolute atomic E-state index is 9.59. The van der Waals surface area contributed by atoms with Crippen LogP contribution in [0.15, 0.2) is 22.9 Å². The van der Waals surface area contributed by atoms with Gasteiger partial charge in [-0.1, -0.05) is 5.16 Å². The maximum atomic E-state index is 9.59. The van der Waals surface area contributed by atoms with Gasteiger partial charge in [0.1, 0.15) is 5.75 Å². The van der Waals surface area contributed by atoms with Gasteiger partial charge in [0, 0.05) is 19.7 Å². The van der Waals surface area contributed by atoms with Gasteiger partial charge in [-0.2, -0.15) is 4.98 Å². The van der Waals surface area contributed by atoms with E-state index in [0.29, 0.717) is 12.2 Å². The third kappa shape index (κ3) is 2.59. The maximum Gasteiger partial charge on any atom is 0.280 e. The van der Waals surface area contributed by atoms with Gasteiger partial charge in [0.25, 0.3) is 5.89 Å². The molecule has 1 N–H and O–H groups in total. The largest absolute Gasteiger partial charge is 0.505 e. The first-order valence-electron chi connectivity index (χ1n) is 5.20. The Morgan fingerprint density at radius 1 is 1.53 bits per heavy atom. The summed E-state index contributed by atoms with van der Waals surface area (Å²) >= 11 is 0. The van der Waals surface area contributed by atoms with Crippen molar-refractivity contribution in [3.05, 3.63) is 24.2 Å². The Morgan fingerprint density at radius 3 is 3.06 bits per heavy atom. The number of nitrogens with zero attached hydrogens (tertiary/aromatic N) is 3. The van der Waals surface area contributed by atoms with E-state index in [2.05, 4.69) is 15.1 Å². The summed E-state index contributed by atoms with van der Waals surface area (Å²) in [5.41, 5.74) is 0.288. The van der Waals surface area contributed by atoms with E-state index < -0.39 is 0 Å². The molecule has 0 saturated heterocycles. The van der Waals surface area contributed by atoms with Crippen LogP contribution in [-0.4, -0.2) is 33.4 Å². The van der Waals surface area contributed by atoms with E-state index in [1.807, 2.05) is 6.92 Å². The van der Waals surface area contributed by atoms with Gasteiger partial charge in [-0.3, -0.25) is 0 Å². The van der Waals surface area contributed by atoms with Gasteiger partial charge in [0.2, 0.25) is 0 Å². The van der Waals surface area contributed by atoms with Crippen molar-refractivity contribution in [2.45, 2.75) is 19.4 Å². The van der Waals surface area contributed by atoms with Crippen LogP contribution in [0.3, 0.4) is 0 Å². The number of aromatic hydroxyl groups is 1. The van der Waals surface area contributed by atoms with Gasteiger partial charge >= 0.3 is 0 Å². The second-order valence-electron chi connectivity index (χ2n) is 3.64. The van der Waals surface area contributed by atoms with Crippen molar-refractivity contribution < 1.29 is 14.4 Å². The summed E-state index contributed by atoms with van der Waals surface area (Å²) in [6.45, 7) is 1.91. The van der Waals surface area contributed by atoms with E-state index in [-0.39, 0.29) is 23.4 Å².